The minimum Gasteiger partial charge on any atom is -0.309 e. The van der Waals surface area contributed by atoms with Gasteiger partial charge in [-0.1, -0.05) is 218 Å². The Balaban J connectivity index is 0.770. The molecule has 0 aliphatic rings. The van der Waals surface area contributed by atoms with Gasteiger partial charge in [-0.2, -0.15) is 0 Å². The van der Waals surface area contributed by atoms with E-state index in [1.165, 1.54) is 59.7 Å². The number of hydrogen-bond donors (Lipinski definition) is 0. The van der Waals surface area contributed by atoms with E-state index in [1.54, 1.807) is 0 Å². The van der Waals surface area contributed by atoms with Crippen molar-refractivity contribution in [2.24, 2.45) is 0 Å². The van der Waals surface area contributed by atoms with Crippen LogP contribution in [-0.2, 0) is 0 Å². The Kier molecular flexibility index (Phi) is 12.1. The van der Waals surface area contributed by atoms with Gasteiger partial charge in [-0.3, -0.25) is 0 Å². The average Bonchev–Trinajstić information content (AvgIpc) is 1.58. The summed E-state index contributed by atoms with van der Waals surface area (Å²) in [4.78, 5) is 15.8. The summed E-state index contributed by atoms with van der Waals surface area (Å²) in [6.45, 7) is 0. The van der Waals surface area contributed by atoms with Gasteiger partial charge in [-0.25, -0.2) is 15.0 Å². The van der Waals surface area contributed by atoms with E-state index in [0.29, 0.717) is 17.5 Å². The largest absolute Gasteiger partial charge is 0.309 e. The molecule has 0 bridgehead atoms. The number of para-hydroxylation sites is 7. The SMILES string of the molecule is c1ccc(-c2nc(-c3cccc(-c4ccc(-n5c6ccccc6c6ccccc65)c(-c5ccc6c(c5)c5ccc(-c7ccc8c(c7)c7ccccc7n8-c7ccccc7)cc5n6-c5ccccc5)c4)c3)nc(-c3cccc(-n4c5ccccc5c5ccccc54)c3)n2)cc1. The van der Waals surface area contributed by atoms with Gasteiger partial charge in [0.2, 0.25) is 0 Å². The highest BCUT2D eigenvalue weighted by molar-refractivity contribution is 6.15. The van der Waals surface area contributed by atoms with E-state index in [2.05, 4.69) is 334 Å². The zero-order valence-corrected chi connectivity index (χ0v) is 50.9. The minimum atomic E-state index is 0.592. The molecule has 19 aromatic rings. The van der Waals surface area contributed by atoms with E-state index >= 15 is 0 Å². The summed E-state index contributed by atoms with van der Waals surface area (Å²) in [7, 11) is 0. The summed E-state index contributed by atoms with van der Waals surface area (Å²) < 4.78 is 9.60. The Bertz CT molecular complexity index is 6120. The normalized spacial score (nSPS) is 11.8. The van der Waals surface area contributed by atoms with Crippen molar-refractivity contribution in [3.05, 3.63) is 334 Å². The molecule has 7 nitrogen and oxygen atoms in total. The molecule has 5 aromatic heterocycles. The fourth-order valence-corrected chi connectivity index (χ4v) is 14.7. The molecule has 0 radical (unpaired) electrons. The number of nitrogens with zero attached hydrogens (tertiary/aromatic N) is 7. The third-order valence-corrected chi connectivity index (χ3v) is 19.0. The molecule has 94 heavy (non-hydrogen) atoms. The van der Waals surface area contributed by atoms with Crippen LogP contribution in [0.1, 0.15) is 0 Å². The first-order chi connectivity index (χ1) is 46.6. The zero-order valence-electron chi connectivity index (χ0n) is 50.9. The van der Waals surface area contributed by atoms with Crippen LogP contribution in [0.2, 0.25) is 0 Å². The van der Waals surface area contributed by atoms with E-state index < -0.39 is 0 Å². The predicted molar refractivity (Wildman–Crippen MR) is 390 cm³/mol. The Hall–Kier alpha value is -12.7. The molecule has 0 N–H and O–H groups in total. The summed E-state index contributed by atoms with van der Waals surface area (Å²) >= 11 is 0. The molecule has 0 atom stereocenters. The molecular formula is C87H55N7. The maximum Gasteiger partial charge on any atom is 0.164 e. The molecule has 5 heterocycles. The van der Waals surface area contributed by atoms with Gasteiger partial charge in [0.1, 0.15) is 0 Å². The molecule has 0 aliphatic heterocycles. The second kappa shape index (κ2) is 21.5. The molecule has 19 rings (SSSR count). The molecule has 0 unspecified atom stereocenters. The molecule has 0 saturated carbocycles. The van der Waals surface area contributed by atoms with Crippen LogP contribution >= 0.6 is 0 Å². The maximum absolute atomic E-state index is 5.35. The lowest BCUT2D eigenvalue weighted by atomic mass is 9.95. The van der Waals surface area contributed by atoms with Crippen molar-refractivity contribution in [1.82, 2.24) is 33.2 Å². The highest BCUT2D eigenvalue weighted by atomic mass is 15.0. The zero-order chi connectivity index (χ0) is 61.8. The predicted octanol–water partition coefficient (Wildman–Crippen LogP) is 22.3. The minimum absolute atomic E-state index is 0.592. The number of benzene rings is 14. The number of aromatic nitrogens is 7. The van der Waals surface area contributed by atoms with E-state index in [4.69, 9.17) is 15.0 Å². The van der Waals surface area contributed by atoms with Crippen molar-refractivity contribution < 1.29 is 0 Å². The third-order valence-electron chi connectivity index (χ3n) is 19.0. The molecule has 438 valence electrons. The van der Waals surface area contributed by atoms with Gasteiger partial charge in [-0.15, -0.1) is 0 Å². The first-order valence-corrected chi connectivity index (χ1v) is 32.0. The summed E-state index contributed by atoms with van der Waals surface area (Å²) in [5.41, 5.74) is 23.0. The lowest BCUT2D eigenvalue weighted by Gasteiger charge is -2.17. The van der Waals surface area contributed by atoms with Gasteiger partial charge < -0.3 is 18.3 Å². The topological polar surface area (TPSA) is 58.4 Å². The molecule has 0 saturated heterocycles. The first kappa shape index (κ1) is 53.2. The standard InChI is InChI=1S/C87H55N7/c1-4-22-56(23-5-1)85-88-86(90-87(89-85)63-26-21-31-66(51-63)93-76-37-15-10-32-67(76)68-33-11-16-38-77(68)93)62-25-20-24-57(50-62)58-43-47-81(94-79-40-18-12-34-69(79)70-35-13-19-41-80(70)94)73(52-58)61-45-49-83-75(54-61)72-46-42-60(55-84(72)92(83)65-29-8-3-9-30-65)59-44-48-82-74(53-59)71-36-14-17-39-78(71)91(82)64-27-6-2-7-28-64/h1-55H. The van der Waals surface area contributed by atoms with Crippen LogP contribution < -0.4 is 0 Å². The summed E-state index contributed by atoms with van der Waals surface area (Å²) in [5, 5.41) is 9.66. The van der Waals surface area contributed by atoms with Gasteiger partial charge in [0.05, 0.1) is 49.8 Å². The van der Waals surface area contributed by atoms with Crippen molar-refractivity contribution in [2.45, 2.75) is 0 Å². The number of hydrogen-bond acceptors (Lipinski definition) is 3. The third kappa shape index (κ3) is 8.56. The van der Waals surface area contributed by atoms with Gasteiger partial charge in [0.25, 0.3) is 0 Å². The molecular weight excluding hydrogens is 1140 g/mol. The van der Waals surface area contributed by atoms with Crippen molar-refractivity contribution in [1.29, 1.82) is 0 Å². The number of rotatable bonds is 10. The summed E-state index contributed by atoms with van der Waals surface area (Å²) in [5.74, 6) is 1.80. The Morgan fingerprint density at radius 3 is 1.09 bits per heavy atom. The van der Waals surface area contributed by atoms with Crippen LogP contribution in [0.15, 0.2) is 334 Å². The second-order valence-electron chi connectivity index (χ2n) is 24.3. The van der Waals surface area contributed by atoms with Crippen molar-refractivity contribution in [3.63, 3.8) is 0 Å². The molecule has 0 amide bonds. The smallest absolute Gasteiger partial charge is 0.164 e. The average molecular weight is 1200 g/mol. The summed E-state index contributed by atoms with van der Waals surface area (Å²) in [6, 6.07) is 120. The molecule has 0 aliphatic carbocycles. The van der Waals surface area contributed by atoms with Crippen molar-refractivity contribution >= 4 is 87.2 Å². The first-order valence-electron chi connectivity index (χ1n) is 32.0. The van der Waals surface area contributed by atoms with E-state index in [0.717, 1.165) is 100 Å². The van der Waals surface area contributed by atoms with E-state index in [1.807, 2.05) is 18.2 Å². The fraction of sp³-hybridized carbons (Fsp3) is 0. The highest BCUT2D eigenvalue weighted by Crippen LogP contribution is 2.44. The van der Waals surface area contributed by atoms with Crippen LogP contribution in [0, 0.1) is 0 Å². The van der Waals surface area contributed by atoms with E-state index in [9.17, 15) is 0 Å². The van der Waals surface area contributed by atoms with Crippen LogP contribution in [0.25, 0.3) is 178 Å². The Morgan fingerprint density at radius 1 is 0.170 bits per heavy atom. The van der Waals surface area contributed by atoms with Gasteiger partial charge in [-0.05, 0) is 143 Å². The molecule has 14 aromatic carbocycles. The van der Waals surface area contributed by atoms with Crippen molar-refractivity contribution in [3.8, 4) is 90.3 Å². The van der Waals surface area contributed by atoms with Crippen LogP contribution in [0.5, 0.6) is 0 Å². The molecule has 7 heteroatoms. The van der Waals surface area contributed by atoms with Crippen LogP contribution in [0.3, 0.4) is 0 Å². The highest BCUT2D eigenvalue weighted by Gasteiger charge is 2.22. The lowest BCUT2D eigenvalue weighted by molar-refractivity contribution is 1.07. The Morgan fingerprint density at radius 2 is 0.511 bits per heavy atom. The van der Waals surface area contributed by atoms with Crippen LogP contribution in [0.4, 0.5) is 0 Å². The number of fused-ring (bicyclic) bond motifs is 12. The monoisotopic (exact) mass is 1200 g/mol. The summed E-state index contributed by atoms with van der Waals surface area (Å²) in [6.07, 6.45) is 0. The quantitative estimate of drug-likeness (QED) is 0.137. The van der Waals surface area contributed by atoms with Crippen molar-refractivity contribution in [2.75, 3.05) is 0 Å². The van der Waals surface area contributed by atoms with Gasteiger partial charge in [0.15, 0.2) is 17.5 Å². The lowest BCUT2D eigenvalue weighted by Crippen LogP contribution is -2.01. The van der Waals surface area contributed by atoms with E-state index in [-0.39, 0.29) is 0 Å². The van der Waals surface area contributed by atoms with Gasteiger partial charge >= 0.3 is 0 Å². The van der Waals surface area contributed by atoms with Crippen LogP contribution in [-0.4, -0.2) is 33.2 Å². The van der Waals surface area contributed by atoms with Gasteiger partial charge in [0, 0.05) is 82.4 Å². The molecule has 0 fully saturated rings. The second-order valence-corrected chi connectivity index (χ2v) is 24.3. The Labute approximate surface area is 541 Å². The fourth-order valence-electron chi connectivity index (χ4n) is 14.7. The molecule has 0 spiro atoms. The maximum atomic E-state index is 5.35.